The van der Waals surface area contributed by atoms with E-state index >= 15 is 0 Å². The maximum Gasteiger partial charge on any atom is 0.309 e. The Balaban J connectivity index is 3.17. The fourth-order valence-electron chi connectivity index (χ4n) is 0.180. The molecule has 0 heterocycles. The summed E-state index contributed by atoms with van der Waals surface area (Å²) < 4.78 is 4.24. The van der Waals surface area contributed by atoms with Gasteiger partial charge < -0.3 is 4.74 Å². The van der Waals surface area contributed by atoms with Crippen molar-refractivity contribution in [2.45, 2.75) is 6.42 Å². The molecule has 0 amide bonds. The Kier molecular flexibility index (Phi) is 3.02. The van der Waals surface area contributed by atoms with E-state index in [1.54, 1.807) is 0 Å². The normalized spacial score (nSPS) is 7.57. The van der Waals surface area contributed by atoms with Gasteiger partial charge in [0.2, 0.25) is 0 Å². The van der Waals surface area contributed by atoms with Crippen molar-refractivity contribution in [1.29, 1.82) is 0 Å². The summed E-state index contributed by atoms with van der Waals surface area (Å²) in [6.07, 6.45) is 1.45. The number of carbonyl (C=O) groups is 1. The first-order chi connectivity index (χ1) is 3.31. The predicted molar refractivity (Wildman–Crippen MR) is 25.5 cm³/mol. The highest BCUT2D eigenvalue weighted by atomic mass is 16.5. The molecule has 0 aliphatic heterocycles. The molecular formula is C5H7O2. The third kappa shape index (κ3) is 3.03. The van der Waals surface area contributed by atoms with Gasteiger partial charge >= 0.3 is 5.97 Å². The van der Waals surface area contributed by atoms with Gasteiger partial charge in [-0.1, -0.05) is 12.7 Å². The van der Waals surface area contributed by atoms with E-state index in [0.29, 0.717) is 0 Å². The Morgan fingerprint density at radius 1 is 2.00 bits per heavy atom. The third-order valence-corrected chi connectivity index (χ3v) is 0.512. The zero-order valence-electron chi connectivity index (χ0n) is 4.18. The molecule has 0 saturated heterocycles. The van der Waals surface area contributed by atoms with E-state index in [-0.39, 0.29) is 12.4 Å². The highest BCUT2D eigenvalue weighted by Gasteiger charge is 1.90. The predicted octanol–water partition coefficient (Wildman–Crippen LogP) is 0.539. The summed E-state index contributed by atoms with van der Waals surface area (Å²) in [4.78, 5) is 10.1. The van der Waals surface area contributed by atoms with Crippen LogP contribution in [0.15, 0.2) is 6.08 Å². The summed E-state index contributed by atoms with van der Waals surface area (Å²) in [6.45, 7) is 4.88. The molecule has 0 atom stereocenters. The highest BCUT2D eigenvalue weighted by molar-refractivity contribution is 5.70. The van der Waals surface area contributed by atoms with Crippen LogP contribution in [-0.4, -0.2) is 13.1 Å². The zero-order chi connectivity index (χ0) is 5.70. The summed E-state index contributed by atoms with van der Waals surface area (Å²) in [5, 5.41) is 0. The molecule has 39 valence electrons. The van der Waals surface area contributed by atoms with E-state index in [9.17, 15) is 4.79 Å². The van der Waals surface area contributed by atoms with Gasteiger partial charge in [0.1, 0.15) is 0 Å². The summed E-state index contributed by atoms with van der Waals surface area (Å²) in [7, 11) is 1.33. The van der Waals surface area contributed by atoms with Crippen molar-refractivity contribution in [2.75, 3.05) is 7.11 Å². The number of hydrogen-bond donors (Lipinski definition) is 0. The summed E-state index contributed by atoms with van der Waals surface area (Å²) in [6, 6.07) is 0. The molecule has 0 aliphatic rings. The Morgan fingerprint density at radius 3 is 2.71 bits per heavy atom. The largest absolute Gasteiger partial charge is 0.469 e. The Bertz CT molecular complexity index is 76.1. The van der Waals surface area contributed by atoms with Crippen molar-refractivity contribution >= 4 is 5.97 Å². The second kappa shape index (κ2) is 3.40. The van der Waals surface area contributed by atoms with Gasteiger partial charge in [0.05, 0.1) is 13.5 Å². The summed E-state index contributed by atoms with van der Waals surface area (Å²) in [5.41, 5.74) is 0. The molecule has 0 aromatic carbocycles. The number of esters is 1. The van der Waals surface area contributed by atoms with Crippen LogP contribution < -0.4 is 0 Å². The van der Waals surface area contributed by atoms with Crippen molar-refractivity contribution in [3.05, 3.63) is 12.7 Å². The molecule has 1 radical (unpaired) electrons. The summed E-state index contributed by atoms with van der Waals surface area (Å²) >= 11 is 0. The molecule has 0 aliphatic carbocycles. The number of rotatable bonds is 2. The van der Waals surface area contributed by atoms with Gasteiger partial charge in [0.15, 0.2) is 0 Å². The fraction of sp³-hybridized carbons (Fsp3) is 0.400. The van der Waals surface area contributed by atoms with Gasteiger partial charge in [0.25, 0.3) is 0 Å². The van der Waals surface area contributed by atoms with E-state index in [0.717, 1.165) is 0 Å². The van der Waals surface area contributed by atoms with Crippen molar-refractivity contribution in [3.8, 4) is 0 Å². The van der Waals surface area contributed by atoms with Crippen LogP contribution in [0.3, 0.4) is 0 Å². The molecule has 0 aromatic rings. The fourth-order valence-corrected chi connectivity index (χ4v) is 0.180. The lowest BCUT2D eigenvalue weighted by molar-refractivity contribution is -0.139. The first kappa shape index (κ1) is 6.21. The Hall–Kier alpha value is -0.790. The monoisotopic (exact) mass is 99.0 g/mol. The minimum Gasteiger partial charge on any atom is -0.469 e. The van der Waals surface area contributed by atoms with Gasteiger partial charge in [-0.3, -0.25) is 4.79 Å². The lowest BCUT2D eigenvalue weighted by Gasteiger charge is -1.88. The number of methoxy groups -OCH3 is 1. The molecule has 0 saturated carbocycles. The van der Waals surface area contributed by atoms with Crippen LogP contribution in [0.5, 0.6) is 0 Å². The molecular weight excluding hydrogens is 92.1 g/mol. The van der Waals surface area contributed by atoms with Crippen LogP contribution in [-0.2, 0) is 9.53 Å². The number of ether oxygens (including phenoxy) is 1. The first-order valence-electron chi connectivity index (χ1n) is 1.91. The van der Waals surface area contributed by atoms with Gasteiger partial charge in [-0.2, -0.15) is 0 Å². The van der Waals surface area contributed by atoms with Gasteiger partial charge in [0, 0.05) is 0 Å². The molecule has 0 bridgehead atoms. The molecule has 0 fully saturated rings. The van der Waals surface area contributed by atoms with Crippen molar-refractivity contribution < 1.29 is 9.53 Å². The smallest absolute Gasteiger partial charge is 0.309 e. The Labute approximate surface area is 42.8 Å². The average Bonchev–Trinajstić information content (AvgIpc) is 1.68. The molecule has 0 unspecified atom stereocenters. The van der Waals surface area contributed by atoms with Crippen LogP contribution in [0.4, 0.5) is 0 Å². The van der Waals surface area contributed by atoms with E-state index < -0.39 is 0 Å². The summed E-state index contributed by atoms with van der Waals surface area (Å²) in [5.74, 6) is -0.303. The second-order valence-electron chi connectivity index (χ2n) is 1.02. The molecule has 0 rings (SSSR count). The van der Waals surface area contributed by atoms with Crippen LogP contribution >= 0.6 is 0 Å². The van der Waals surface area contributed by atoms with Crippen LogP contribution in [0, 0.1) is 6.58 Å². The number of carbonyl (C=O) groups excluding carboxylic acids is 1. The van der Waals surface area contributed by atoms with E-state index in [1.165, 1.54) is 13.2 Å². The minimum absolute atomic E-state index is 0.191. The van der Waals surface area contributed by atoms with Gasteiger partial charge in [-0.25, -0.2) is 0 Å². The topological polar surface area (TPSA) is 26.3 Å². The van der Waals surface area contributed by atoms with Gasteiger partial charge in [-0.15, -0.1) is 0 Å². The van der Waals surface area contributed by atoms with E-state index in [4.69, 9.17) is 6.58 Å². The van der Waals surface area contributed by atoms with Crippen LogP contribution in [0.1, 0.15) is 6.42 Å². The molecule has 0 spiro atoms. The van der Waals surface area contributed by atoms with Crippen LogP contribution in [0.2, 0.25) is 0 Å². The van der Waals surface area contributed by atoms with Crippen LogP contribution in [0.25, 0.3) is 0 Å². The first-order valence-corrected chi connectivity index (χ1v) is 1.91. The molecule has 2 nitrogen and oxygen atoms in total. The number of hydrogen-bond acceptors (Lipinski definition) is 2. The molecule has 0 aromatic heterocycles. The maximum atomic E-state index is 10.1. The SMILES string of the molecule is [CH]=CCC(=O)OC. The lowest BCUT2D eigenvalue weighted by atomic mass is 10.4. The van der Waals surface area contributed by atoms with E-state index in [2.05, 4.69) is 4.74 Å². The minimum atomic E-state index is -0.303. The molecule has 7 heavy (non-hydrogen) atoms. The zero-order valence-corrected chi connectivity index (χ0v) is 4.18. The highest BCUT2D eigenvalue weighted by Crippen LogP contribution is 1.80. The van der Waals surface area contributed by atoms with Crippen molar-refractivity contribution in [1.82, 2.24) is 0 Å². The average molecular weight is 99.1 g/mol. The standard InChI is InChI=1S/C5H7O2/c1-3-4-5(6)7-2/h1,3H,4H2,2H3. The molecule has 2 heteroatoms. The second-order valence-corrected chi connectivity index (χ2v) is 1.02. The quantitative estimate of drug-likeness (QED) is 0.472. The van der Waals surface area contributed by atoms with Crippen molar-refractivity contribution in [3.63, 3.8) is 0 Å². The van der Waals surface area contributed by atoms with E-state index in [1.807, 2.05) is 0 Å². The lowest BCUT2D eigenvalue weighted by Crippen LogP contribution is -1.95. The molecule has 0 N–H and O–H groups in total. The third-order valence-electron chi connectivity index (χ3n) is 0.512. The van der Waals surface area contributed by atoms with Gasteiger partial charge in [-0.05, 0) is 0 Å². The Morgan fingerprint density at radius 2 is 2.57 bits per heavy atom. The van der Waals surface area contributed by atoms with Crippen molar-refractivity contribution in [2.24, 2.45) is 0 Å². The maximum absolute atomic E-state index is 10.1.